The molecule has 3 N–H and O–H groups in total. The van der Waals surface area contributed by atoms with E-state index in [2.05, 4.69) is 41.9 Å². The maximum atomic E-state index is 13.9. The van der Waals surface area contributed by atoms with E-state index >= 15 is 0 Å². The first kappa shape index (κ1) is 32.9. The van der Waals surface area contributed by atoms with Crippen molar-refractivity contribution in [2.24, 2.45) is 5.92 Å². The van der Waals surface area contributed by atoms with Gasteiger partial charge in [0.05, 0.1) is 6.04 Å². The molecule has 4 amide bonds. The summed E-state index contributed by atoms with van der Waals surface area (Å²) < 4.78 is 5.93. The fraction of sp³-hybridized carbons (Fsp3) is 0.395. The maximum absolute atomic E-state index is 13.9. The Morgan fingerprint density at radius 3 is 2.23 bits per heavy atom. The number of amides is 4. The van der Waals surface area contributed by atoms with Gasteiger partial charge in [-0.15, -0.1) is 0 Å². The minimum Gasteiger partial charge on any atom is -0.484 e. The lowest BCUT2D eigenvalue weighted by Crippen LogP contribution is -2.57. The molecule has 2 aliphatic heterocycles. The van der Waals surface area contributed by atoms with Gasteiger partial charge in [0.2, 0.25) is 17.6 Å². The minimum atomic E-state index is -1.20. The molecule has 250 valence electrons. The Labute approximate surface area is 280 Å². The van der Waals surface area contributed by atoms with Crippen LogP contribution in [0.15, 0.2) is 78.9 Å². The highest BCUT2D eigenvalue weighted by Gasteiger charge is 2.40. The Hall–Kier alpha value is -4.99. The van der Waals surface area contributed by atoms with Gasteiger partial charge in [0.25, 0.3) is 11.8 Å². The smallest absolute Gasteiger partial charge is 0.289 e. The van der Waals surface area contributed by atoms with Gasteiger partial charge >= 0.3 is 0 Å². The van der Waals surface area contributed by atoms with Crippen molar-refractivity contribution in [1.29, 1.82) is 0 Å². The lowest BCUT2D eigenvalue weighted by Gasteiger charge is -2.36. The van der Waals surface area contributed by atoms with Crippen molar-refractivity contribution < 1.29 is 28.7 Å². The first-order valence-electron chi connectivity index (χ1n) is 16.7. The van der Waals surface area contributed by atoms with Crippen LogP contribution in [0.5, 0.6) is 5.75 Å². The van der Waals surface area contributed by atoms with E-state index in [1.807, 2.05) is 66.7 Å². The molecule has 10 nitrogen and oxygen atoms in total. The Balaban J connectivity index is 1.16. The van der Waals surface area contributed by atoms with Crippen LogP contribution in [0.25, 0.3) is 0 Å². The number of rotatable bonds is 12. The van der Waals surface area contributed by atoms with Crippen LogP contribution in [0.3, 0.4) is 0 Å². The van der Waals surface area contributed by atoms with Crippen molar-refractivity contribution in [1.82, 2.24) is 20.9 Å². The summed E-state index contributed by atoms with van der Waals surface area (Å²) in [4.78, 5) is 67.6. The van der Waals surface area contributed by atoms with Crippen LogP contribution >= 0.6 is 0 Å². The molecule has 0 bridgehead atoms. The molecule has 2 heterocycles. The van der Waals surface area contributed by atoms with Crippen molar-refractivity contribution >= 4 is 29.4 Å². The summed E-state index contributed by atoms with van der Waals surface area (Å²) >= 11 is 0. The third-order valence-electron chi connectivity index (χ3n) is 9.76. The maximum Gasteiger partial charge on any atom is 0.289 e. The number of nitrogens with one attached hydrogen (secondary N) is 3. The van der Waals surface area contributed by atoms with Crippen LogP contribution < -0.4 is 20.7 Å². The predicted molar refractivity (Wildman–Crippen MR) is 179 cm³/mol. The largest absolute Gasteiger partial charge is 0.484 e. The van der Waals surface area contributed by atoms with E-state index in [1.54, 1.807) is 0 Å². The first-order valence-corrected chi connectivity index (χ1v) is 16.7. The van der Waals surface area contributed by atoms with E-state index in [0.717, 1.165) is 29.5 Å². The van der Waals surface area contributed by atoms with E-state index < -0.39 is 35.6 Å². The van der Waals surface area contributed by atoms with Gasteiger partial charge in [0.1, 0.15) is 11.8 Å². The first-order chi connectivity index (χ1) is 23.1. The van der Waals surface area contributed by atoms with Gasteiger partial charge in [-0.25, -0.2) is 0 Å². The third kappa shape index (κ3) is 7.43. The van der Waals surface area contributed by atoms with Gasteiger partial charge in [-0.05, 0) is 60.1 Å². The second-order valence-corrected chi connectivity index (χ2v) is 13.5. The molecule has 0 aromatic heterocycles. The lowest BCUT2D eigenvalue weighted by molar-refractivity contribution is -0.145. The number of ketones is 1. The summed E-state index contributed by atoms with van der Waals surface area (Å²) in [6.07, 6.45) is 2.35. The zero-order valence-electron chi connectivity index (χ0n) is 27.4. The Morgan fingerprint density at radius 1 is 0.896 bits per heavy atom. The number of fused-ring (bicyclic) bond motifs is 1. The second-order valence-electron chi connectivity index (χ2n) is 13.5. The molecule has 1 saturated heterocycles. The molecule has 1 saturated carbocycles. The summed E-state index contributed by atoms with van der Waals surface area (Å²) in [6.45, 7) is 4.68. The van der Waals surface area contributed by atoms with Crippen LogP contribution in [0.2, 0.25) is 0 Å². The van der Waals surface area contributed by atoms with Crippen molar-refractivity contribution in [3.05, 3.63) is 101 Å². The summed E-state index contributed by atoms with van der Waals surface area (Å²) in [7, 11) is 0. The number of Topliss-reactive ketones (excluding diaryl/α,β-unsaturated/α-hetero) is 1. The molecule has 3 aromatic rings. The van der Waals surface area contributed by atoms with Gasteiger partial charge < -0.3 is 25.6 Å². The third-order valence-corrected chi connectivity index (χ3v) is 9.76. The van der Waals surface area contributed by atoms with Crippen LogP contribution in [0.1, 0.15) is 61.8 Å². The molecule has 6 rings (SSSR count). The fourth-order valence-electron chi connectivity index (χ4n) is 6.53. The SMILES string of the molecule is CC(C)(c1ccccc1)c1ccc(OCC(=O)N2Cc3ccccc3C[C@H]2C(=O)N[C@@H](C[C@@H]2CCNC2=O)C(=O)C(=O)NC2CC2)cc1. The quantitative estimate of drug-likeness (QED) is 0.258. The highest BCUT2D eigenvalue weighted by Crippen LogP contribution is 2.32. The summed E-state index contributed by atoms with van der Waals surface area (Å²) in [5.41, 5.74) is 3.89. The summed E-state index contributed by atoms with van der Waals surface area (Å²) in [5, 5.41) is 8.21. The van der Waals surface area contributed by atoms with Gasteiger partial charge in [-0.3, -0.25) is 24.0 Å². The fourth-order valence-corrected chi connectivity index (χ4v) is 6.53. The van der Waals surface area contributed by atoms with E-state index in [9.17, 15) is 24.0 Å². The molecule has 48 heavy (non-hydrogen) atoms. The molecular formula is C38H42N4O6. The molecule has 3 atom stereocenters. The normalized spacial score (nSPS) is 19.5. The zero-order valence-corrected chi connectivity index (χ0v) is 27.4. The van der Waals surface area contributed by atoms with Crippen LogP contribution in [0, 0.1) is 5.92 Å². The van der Waals surface area contributed by atoms with Gasteiger partial charge in [-0.1, -0.05) is 80.6 Å². The number of benzene rings is 3. The molecule has 2 fully saturated rings. The van der Waals surface area contributed by atoms with E-state index in [1.165, 1.54) is 10.5 Å². The van der Waals surface area contributed by atoms with Gasteiger partial charge in [0.15, 0.2) is 6.61 Å². The van der Waals surface area contributed by atoms with E-state index in [-0.39, 0.29) is 49.3 Å². The van der Waals surface area contributed by atoms with Gasteiger partial charge in [0, 0.05) is 36.9 Å². The second kappa shape index (κ2) is 14.0. The van der Waals surface area contributed by atoms with Crippen LogP contribution in [0.4, 0.5) is 0 Å². The highest BCUT2D eigenvalue weighted by molar-refractivity contribution is 6.38. The highest BCUT2D eigenvalue weighted by atomic mass is 16.5. The van der Waals surface area contributed by atoms with Crippen molar-refractivity contribution in [3.8, 4) is 5.75 Å². The monoisotopic (exact) mass is 650 g/mol. The molecule has 0 radical (unpaired) electrons. The number of ether oxygens (including phenoxy) is 1. The average Bonchev–Trinajstić information content (AvgIpc) is 3.84. The number of nitrogens with zero attached hydrogens (tertiary/aromatic N) is 1. The number of hydrogen-bond donors (Lipinski definition) is 3. The average molecular weight is 651 g/mol. The van der Waals surface area contributed by atoms with Crippen molar-refractivity contribution in [2.75, 3.05) is 13.2 Å². The van der Waals surface area contributed by atoms with Gasteiger partial charge in [-0.2, -0.15) is 0 Å². The van der Waals surface area contributed by atoms with Crippen molar-refractivity contribution in [2.45, 2.75) is 76.0 Å². The molecule has 3 aromatic carbocycles. The van der Waals surface area contributed by atoms with Crippen molar-refractivity contribution in [3.63, 3.8) is 0 Å². The number of carbonyl (C=O) groups is 5. The number of carbonyl (C=O) groups excluding carboxylic acids is 5. The standard InChI is InChI=1S/C38H42N4O6/c1-38(2,27-10-4-3-5-11-27)28-12-16-30(17-13-28)48-23-33(43)42-22-26-9-7-6-8-24(26)21-32(42)36(46)41-31(20-25-18-19-39-35(25)45)34(44)37(47)40-29-14-15-29/h3-13,16-17,25,29,31-32H,14-15,18-23H2,1-2H3,(H,39,45)(H,40,47)(H,41,46)/t25-,31-,32-/m0/s1. The Bertz CT molecular complexity index is 1680. The molecule has 10 heteroatoms. The molecule has 0 unspecified atom stereocenters. The summed E-state index contributed by atoms with van der Waals surface area (Å²) in [6, 6.07) is 23.3. The molecule has 3 aliphatic rings. The van der Waals surface area contributed by atoms with E-state index in [0.29, 0.717) is 18.7 Å². The predicted octanol–water partition coefficient (Wildman–Crippen LogP) is 3.20. The number of hydrogen-bond acceptors (Lipinski definition) is 6. The topological polar surface area (TPSA) is 134 Å². The lowest BCUT2D eigenvalue weighted by atomic mass is 9.78. The Kier molecular flexibility index (Phi) is 9.61. The minimum absolute atomic E-state index is 0.00588. The molecular weight excluding hydrogens is 608 g/mol. The van der Waals surface area contributed by atoms with Crippen LogP contribution in [-0.4, -0.2) is 65.6 Å². The van der Waals surface area contributed by atoms with Crippen LogP contribution in [-0.2, 0) is 42.4 Å². The zero-order chi connectivity index (χ0) is 33.8. The Morgan fingerprint density at radius 2 is 1.56 bits per heavy atom. The van der Waals surface area contributed by atoms with E-state index in [4.69, 9.17) is 4.74 Å². The summed E-state index contributed by atoms with van der Waals surface area (Å²) in [5.74, 6) is -2.68. The molecule has 1 aliphatic carbocycles. The molecule has 0 spiro atoms.